The SMILES string of the molecule is CCCCCCOc1ccc(Br)cc1/C=C(\C#N)C(=O)Nc1ccc(C)cc1C. The summed E-state index contributed by atoms with van der Waals surface area (Å²) in [6.45, 7) is 6.71. The molecule has 0 saturated heterocycles. The lowest BCUT2D eigenvalue weighted by atomic mass is 10.1. The number of carbonyl (C=O) groups is 1. The normalized spacial score (nSPS) is 11.1. The molecule has 0 aliphatic heterocycles. The predicted molar refractivity (Wildman–Crippen MR) is 122 cm³/mol. The van der Waals surface area contributed by atoms with Crippen LogP contribution in [0.25, 0.3) is 6.08 Å². The molecule has 0 spiro atoms. The van der Waals surface area contributed by atoms with Crippen molar-refractivity contribution in [2.75, 3.05) is 11.9 Å². The quantitative estimate of drug-likeness (QED) is 0.264. The molecule has 0 atom stereocenters. The summed E-state index contributed by atoms with van der Waals surface area (Å²) in [5, 5.41) is 12.4. The Labute approximate surface area is 181 Å². The molecule has 5 heteroatoms. The van der Waals surface area contributed by atoms with E-state index in [1.165, 1.54) is 12.8 Å². The number of unbranched alkanes of at least 4 members (excludes halogenated alkanes) is 3. The molecule has 2 aromatic carbocycles. The lowest BCUT2D eigenvalue weighted by Gasteiger charge is -2.11. The van der Waals surface area contributed by atoms with Crippen LogP contribution in [0.15, 0.2) is 46.4 Å². The highest BCUT2D eigenvalue weighted by atomic mass is 79.9. The zero-order chi connectivity index (χ0) is 21.2. The van der Waals surface area contributed by atoms with Crippen molar-refractivity contribution in [3.8, 4) is 11.8 Å². The first kappa shape index (κ1) is 22.7. The van der Waals surface area contributed by atoms with Gasteiger partial charge in [-0.3, -0.25) is 4.79 Å². The molecule has 152 valence electrons. The first-order valence-corrected chi connectivity index (χ1v) is 10.7. The van der Waals surface area contributed by atoms with E-state index in [9.17, 15) is 10.1 Å². The van der Waals surface area contributed by atoms with Crippen LogP contribution in [0.2, 0.25) is 0 Å². The summed E-state index contributed by atoms with van der Waals surface area (Å²) in [6.07, 6.45) is 6.04. The van der Waals surface area contributed by atoms with E-state index in [2.05, 4.69) is 28.2 Å². The van der Waals surface area contributed by atoms with Gasteiger partial charge in [-0.15, -0.1) is 0 Å². The molecule has 0 saturated carbocycles. The number of nitriles is 1. The third kappa shape index (κ3) is 7.07. The van der Waals surface area contributed by atoms with Gasteiger partial charge >= 0.3 is 0 Å². The van der Waals surface area contributed by atoms with E-state index in [-0.39, 0.29) is 5.57 Å². The topological polar surface area (TPSA) is 62.1 Å². The van der Waals surface area contributed by atoms with E-state index in [1.54, 1.807) is 6.08 Å². The number of ether oxygens (including phenoxy) is 1. The van der Waals surface area contributed by atoms with E-state index in [1.807, 2.05) is 56.3 Å². The van der Waals surface area contributed by atoms with E-state index in [0.717, 1.165) is 28.4 Å². The van der Waals surface area contributed by atoms with E-state index >= 15 is 0 Å². The molecule has 0 unspecified atom stereocenters. The minimum Gasteiger partial charge on any atom is -0.493 e. The van der Waals surface area contributed by atoms with Crippen molar-refractivity contribution < 1.29 is 9.53 Å². The number of carbonyl (C=O) groups excluding carboxylic acids is 1. The number of hydrogen-bond acceptors (Lipinski definition) is 3. The van der Waals surface area contributed by atoms with E-state index < -0.39 is 5.91 Å². The summed E-state index contributed by atoms with van der Waals surface area (Å²) in [7, 11) is 0. The second kappa shape index (κ2) is 11.4. The Morgan fingerprint density at radius 2 is 1.97 bits per heavy atom. The highest BCUT2D eigenvalue weighted by Gasteiger charge is 2.13. The van der Waals surface area contributed by atoms with Gasteiger partial charge in [-0.25, -0.2) is 0 Å². The van der Waals surface area contributed by atoms with Crippen LogP contribution in [0.3, 0.4) is 0 Å². The summed E-state index contributed by atoms with van der Waals surface area (Å²) >= 11 is 3.45. The van der Waals surface area contributed by atoms with Gasteiger partial charge in [-0.1, -0.05) is 59.8 Å². The van der Waals surface area contributed by atoms with Crippen LogP contribution in [-0.2, 0) is 4.79 Å². The first-order valence-electron chi connectivity index (χ1n) is 9.87. The molecule has 4 nitrogen and oxygen atoms in total. The number of anilines is 1. The molecule has 1 amide bonds. The number of rotatable bonds is 9. The van der Waals surface area contributed by atoms with Crippen LogP contribution < -0.4 is 10.1 Å². The van der Waals surface area contributed by atoms with Crippen molar-refractivity contribution in [3.05, 3.63) is 63.1 Å². The van der Waals surface area contributed by atoms with E-state index in [0.29, 0.717) is 23.6 Å². The number of hydrogen-bond donors (Lipinski definition) is 1. The van der Waals surface area contributed by atoms with Crippen LogP contribution in [0, 0.1) is 25.2 Å². The largest absolute Gasteiger partial charge is 0.493 e. The number of nitrogens with one attached hydrogen (secondary N) is 1. The summed E-state index contributed by atoms with van der Waals surface area (Å²) in [5.74, 6) is 0.227. The highest BCUT2D eigenvalue weighted by molar-refractivity contribution is 9.10. The molecule has 2 rings (SSSR count). The smallest absolute Gasteiger partial charge is 0.266 e. The highest BCUT2D eigenvalue weighted by Crippen LogP contribution is 2.26. The Morgan fingerprint density at radius 1 is 1.17 bits per heavy atom. The average Bonchev–Trinajstić information content (AvgIpc) is 2.69. The third-order valence-electron chi connectivity index (χ3n) is 4.52. The van der Waals surface area contributed by atoms with Crippen molar-refractivity contribution in [3.63, 3.8) is 0 Å². The minimum absolute atomic E-state index is 0.0268. The standard InChI is InChI=1S/C24H27BrN2O2/c1-4-5-6-7-12-29-23-11-9-21(25)15-19(23)14-20(16-26)24(28)27-22-10-8-17(2)13-18(22)3/h8-11,13-15H,4-7,12H2,1-3H3,(H,27,28)/b20-14+. The number of halogens is 1. The fourth-order valence-corrected chi connectivity index (χ4v) is 3.30. The van der Waals surface area contributed by atoms with Crippen molar-refractivity contribution in [2.45, 2.75) is 46.5 Å². The first-order chi connectivity index (χ1) is 13.9. The van der Waals surface area contributed by atoms with Gasteiger partial charge < -0.3 is 10.1 Å². The Kier molecular flexibility index (Phi) is 8.95. The second-order valence-electron chi connectivity index (χ2n) is 7.03. The van der Waals surface area contributed by atoms with Crippen LogP contribution in [-0.4, -0.2) is 12.5 Å². The summed E-state index contributed by atoms with van der Waals surface area (Å²) < 4.78 is 6.76. The van der Waals surface area contributed by atoms with Crippen molar-refractivity contribution in [1.29, 1.82) is 5.26 Å². The van der Waals surface area contributed by atoms with Gasteiger partial charge in [-0.05, 0) is 56.2 Å². The molecule has 0 fully saturated rings. The maximum atomic E-state index is 12.7. The monoisotopic (exact) mass is 454 g/mol. The Balaban J connectivity index is 2.19. The lowest BCUT2D eigenvalue weighted by Crippen LogP contribution is -2.14. The predicted octanol–water partition coefficient (Wildman–Crippen LogP) is 6.57. The summed E-state index contributed by atoms with van der Waals surface area (Å²) in [5.41, 5.74) is 3.49. The molecular formula is C24H27BrN2O2. The molecule has 0 aliphatic carbocycles. The Hall–Kier alpha value is -2.58. The van der Waals surface area contributed by atoms with Crippen LogP contribution in [0.5, 0.6) is 5.75 Å². The maximum Gasteiger partial charge on any atom is 0.266 e. The fourth-order valence-electron chi connectivity index (χ4n) is 2.92. The Morgan fingerprint density at radius 3 is 2.66 bits per heavy atom. The van der Waals surface area contributed by atoms with Crippen LogP contribution in [0.4, 0.5) is 5.69 Å². The molecule has 0 heterocycles. The molecule has 0 bridgehead atoms. The number of amides is 1. The zero-order valence-electron chi connectivity index (χ0n) is 17.2. The zero-order valence-corrected chi connectivity index (χ0v) is 18.8. The van der Waals surface area contributed by atoms with Crippen molar-refractivity contribution in [1.82, 2.24) is 0 Å². The minimum atomic E-state index is -0.437. The van der Waals surface area contributed by atoms with Crippen LogP contribution in [0.1, 0.15) is 49.3 Å². The molecular weight excluding hydrogens is 428 g/mol. The summed E-state index contributed by atoms with van der Waals surface area (Å²) in [4.78, 5) is 12.7. The Bertz CT molecular complexity index is 929. The molecule has 1 N–H and O–H groups in total. The molecule has 0 radical (unpaired) electrons. The molecule has 29 heavy (non-hydrogen) atoms. The molecule has 0 aromatic heterocycles. The fraction of sp³-hybridized carbons (Fsp3) is 0.333. The summed E-state index contributed by atoms with van der Waals surface area (Å²) in [6, 6.07) is 13.4. The molecule has 0 aliphatic rings. The van der Waals surface area contributed by atoms with Gasteiger partial charge in [0.05, 0.1) is 6.61 Å². The van der Waals surface area contributed by atoms with Crippen molar-refractivity contribution in [2.24, 2.45) is 0 Å². The van der Waals surface area contributed by atoms with Gasteiger partial charge in [0.2, 0.25) is 0 Å². The van der Waals surface area contributed by atoms with Gasteiger partial charge in [0.25, 0.3) is 5.91 Å². The number of nitrogens with zero attached hydrogens (tertiary/aromatic N) is 1. The van der Waals surface area contributed by atoms with E-state index in [4.69, 9.17) is 4.74 Å². The van der Waals surface area contributed by atoms with Gasteiger partial charge in [0.1, 0.15) is 17.4 Å². The lowest BCUT2D eigenvalue weighted by molar-refractivity contribution is -0.112. The second-order valence-corrected chi connectivity index (χ2v) is 7.95. The maximum absolute atomic E-state index is 12.7. The van der Waals surface area contributed by atoms with Gasteiger partial charge in [0.15, 0.2) is 0 Å². The third-order valence-corrected chi connectivity index (χ3v) is 5.02. The van der Waals surface area contributed by atoms with Crippen molar-refractivity contribution >= 4 is 33.6 Å². The van der Waals surface area contributed by atoms with Crippen LogP contribution >= 0.6 is 15.9 Å². The van der Waals surface area contributed by atoms with Gasteiger partial charge in [-0.2, -0.15) is 5.26 Å². The number of aryl methyl sites for hydroxylation is 2. The molecule has 2 aromatic rings. The average molecular weight is 455 g/mol. The number of benzene rings is 2. The van der Waals surface area contributed by atoms with Gasteiger partial charge in [0, 0.05) is 15.7 Å².